The van der Waals surface area contributed by atoms with Crippen molar-refractivity contribution >= 4 is 5.97 Å². The zero-order valence-electron chi connectivity index (χ0n) is 10.5. The van der Waals surface area contributed by atoms with Gasteiger partial charge in [0, 0.05) is 18.2 Å². The maximum atomic E-state index is 10.9. The largest absolute Gasteiger partial charge is 0.481 e. The third-order valence-corrected chi connectivity index (χ3v) is 3.60. The number of rotatable bonds is 5. The van der Waals surface area contributed by atoms with Gasteiger partial charge in [-0.25, -0.2) is 0 Å². The second-order valence-electron chi connectivity index (χ2n) is 5.55. The normalized spacial score (nSPS) is 18.1. The van der Waals surface area contributed by atoms with Crippen molar-refractivity contribution in [3.05, 3.63) is 18.0 Å². The van der Waals surface area contributed by atoms with Crippen LogP contribution < -0.4 is 0 Å². The number of aromatic nitrogens is 2. The van der Waals surface area contributed by atoms with Crippen LogP contribution in [0.2, 0.25) is 0 Å². The fourth-order valence-corrected chi connectivity index (χ4v) is 2.57. The van der Waals surface area contributed by atoms with Crippen molar-refractivity contribution < 1.29 is 9.90 Å². The van der Waals surface area contributed by atoms with Gasteiger partial charge in [-0.2, -0.15) is 5.10 Å². The molecule has 2 rings (SSSR count). The number of hydrogen-bond acceptors (Lipinski definition) is 2. The van der Waals surface area contributed by atoms with E-state index in [1.165, 1.54) is 0 Å². The Morgan fingerprint density at radius 2 is 2.29 bits per heavy atom. The van der Waals surface area contributed by atoms with Crippen LogP contribution in [0.3, 0.4) is 0 Å². The summed E-state index contributed by atoms with van der Waals surface area (Å²) in [5, 5.41) is 13.3. The Hall–Kier alpha value is -1.32. The Kier molecular flexibility index (Phi) is 3.22. The molecular weight excluding hydrogens is 216 g/mol. The first-order valence-corrected chi connectivity index (χ1v) is 6.26. The lowest BCUT2D eigenvalue weighted by Crippen LogP contribution is -2.36. The van der Waals surface area contributed by atoms with Crippen LogP contribution in [0.5, 0.6) is 0 Å². The van der Waals surface area contributed by atoms with Crippen molar-refractivity contribution in [2.45, 2.75) is 51.5 Å². The SMILES string of the molecule is CC(C)Cn1cc(C2(CC(=O)O)CCC2)cn1. The lowest BCUT2D eigenvalue weighted by molar-refractivity contribution is -0.139. The lowest BCUT2D eigenvalue weighted by Gasteiger charge is -2.40. The molecule has 1 aliphatic rings. The average molecular weight is 236 g/mol. The van der Waals surface area contributed by atoms with E-state index >= 15 is 0 Å². The van der Waals surface area contributed by atoms with Gasteiger partial charge in [-0.15, -0.1) is 0 Å². The number of nitrogens with zero attached hydrogens (tertiary/aromatic N) is 2. The van der Waals surface area contributed by atoms with Gasteiger partial charge in [0.05, 0.1) is 12.6 Å². The molecule has 0 unspecified atom stereocenters. The first-order valence-electron chi connectivity index (χ1n) is 6.26. The molecule has 0 radical (unpaired) electrons. The average Bonchev–Trinajstić information content (AvgIpc) is 2.58. The smallest absolute Gasteiger partial charge is 0.304 e. The van der Waals surface area contributed by atoms with Gasteiger partial charge >= 0.3 is 5.97 Å². The van der Waals surface area contributed by atoms with Gasteiger partial charge in [-0.3, -0.25) is 9.48 Å². The molecule has 0 saturated heterocycles. The summed E-state index contributed by atoms with van der Waals surface area (Å²) in [5.74, 6) is -0.152. The Bertz CT molecular complexity index is 405. The molecule has 17 heavy (non-hydrogen) atoms. The second kappa shape index (κ2) is 4.51. The minimum Gasteiger partial charge on any atom is -0.481 e. The summed E-state index contributed by atoms with van der Waals surface area (Å²) in [5.41, 5.74) is 0.966. The Labute approximate surface area is 102 Å². The standard InChI is InChI=1S/C13H20N2O2/c1-10(2)8-15-9-11(7-14-15)13(4-3-5-13)6-12(16)17/h7,9-10H,3-6,8H2,1-2H3,(H,16,17). The molecule has 0 bridgehead atoms. The number of carbonyl (C=O) groups is 1. The van der Waals surface area contributed by atoms with Gasteiger partial charge in [0.2, 0.25) is 0 Å². The highest BCUT2D eigenvalue weighted by Crippen LogP contribution is 2.46. The molecule has 1 aromatic rings. The molecule has 94 valence electrons. The van der Waals surface area contributed by atoms with Crippen LogP contribution in [-0.2, 0) is 16.8 Å². The van der Waals surface area contributed by atoms with E-state index in [2.05, 4.69) is 18.9 Å². The minimum absolute atomic E-state index is 0.138. The third-order valence-electron chi connectivity index (χ3n) is 3.60. The van der Waals surface area contributed by atoms with Crippen molar-refractivity contribution in [3.8, 4) is 0 Å². The van der Waals surface area contributed by atoms with Gasteiger partial charge < -0.3 is 5.11 Å². The molecule has 1 N–H and O–H groups in total. The van der Waals surface area contributed by atoms with Crippen LogP contribution in [-0.4, -0.2) is 20.9 Å². The monoisotopic (exact) mass is 236 g/mol. The van der Waals surface area contributed by atoms with E-state index in [9.17, 15) is 4.79 Å². The van der Waals surface area contributed by atoms with E-state index in [4.69, 9.17) is 5.11 Å². The van der Waals surface area contributed by atoms with Crippen LogP contribution in [0, 0.1) is 5.92 Å². The van der Waals surface area contributed by atoms with Crippen LogP contribution >= 0.6 is 0 Å². The fraction of sp³-hybridized carbons (Fsp3) is 0.692. The van der Waals surface area contributed by atoms with Crippen LogP contribution in [0.1, 0.15) is 45.1 Å². The predicted molar refractivity (Wildman–Crippen MR) is 64.8 cm³/mol. The molecule has 1 fully saturated rings. The highest BCUT2D eigenvalue weighted by atomic mass is 16.4. The first-order chi connectivity index (χ1) is 8.02. The summed E-state index contributed by atoms with van der Waals surface area (Å²) in [7, 11) is 0. The number of carboxylic acid groups (broad SMARTS) is 1. The molecule has 0 atom stereocenters. The number of hydrogen-bond donors (Lipinski definition) is 1. The maximum Gasteiger partial charge on any atom is 0.304 e. The van der Waals surface area contributed by atoms with Crippen molar-refractivity contribution in [1.29, 1.82) is 0 Å². The molecule has 1 heterocycles. The quantitative estimate of drug-likeness (QED) is 0.854. The summed E-state index contributed by atoms with van der Waals surface area (Å²) in [6.07, 6.45) is 7.20. The highest BCUT2D eigenvalue weighted by Gasteiger charge is 2.41. The van der Waals surface area contributed by atoms with E-state index in [0.29, 0.717) is 5.92 Å². The second-order valence-corrected chi connectivity index (χ2v) is 5.55. The summed E-state index contributed by atoms with van der Waals surface area (Å²) in [4.78, 5) is 10.9. The third kappa shape index (κ3) is 2.51. The van der Waals surface area contributed by atoms with Crippen molar-refractivity contribution in [2.24, 2.45) is 5.92 Å². The van der Waals surface area contributed by atoms with E-state index in [-0.39, 0.29) is 11.8 Å². The predicted octanol–water partition coefficient (Wildman–Crippen LogP) is 2.44. The summed E-state index contributed by atoms with van der Waals surface area (Å²) in [6, 6.07) is 0. The molecule has 1 saturated carbocycles. The molecule has 0 aromatic carbocycles. The molecule has 0 spiro atoms. The molecule has 4 heteroatoms. The molecule has 1 aliphatic carbocycles. The molecule has 1 aromatic heterocycles. The van der Waals surface area contributed by atoms with Gasteiger partial charge in [0.15, 0.2) is 0 Å². The van der Waals surface area contributed by atoms with E-state index in [0.717, 1.165) is 31.4 Å². The molecule has 0 amide bonds. The Morgan fingerprint density at radius 3 is 2.76 bits per heavy atom. The van der Waals surface area contributed by atoms with Gasteiger partial charge in [0.1, 0.15) is 0 Å². The lowest BCUT2D eigenvalue weighted by atomic mass is 9.63. The van der Waals surface area contributed by atoms with E-state index in [1.54, 1.807) is 0 Å². The molecule has 0 aliphatic heterocycles. The van der Waals surface area contributed by atoms with Crippen molar-refractivity contribution in [2.75, 3.05) is 0 Å². The Morgan fingerprint density at radius 1 is 1.59 bits per heavy atom. The van der Waals surface area contributed by atoms with Crippen LogP contribution in [0.15, 0.2) is 12.4 Å². The number of carboxylic acids is 1. The Balaban J connectivity index is 2.14. The molecular formula is C13H20N2O2. The number of aliphatic carboxylic acids is 1. The summed E-state index contributed by atoms with van der Waals surface area (Å²) in [6.45, 7) is 5.19. The summed E-state index contributed by atoms with van der Waals surface area (Å²) >= 11 is 0. The van der Waals surface area contributed by atoms with Crippen LogP contribution in [0.25, 0.3) is 0 Å². The van der Waals surface area contributed by atoms with E-state index in [1.807, 2.05) is 17.1 Å². The van der Waals surface area contributed by atoms with Crippen molar-refractivity contribution in [1.82, 2.24) is 9.78 Å². The maximum absolute atomic E-state index is 10.9. The first kappa shape index (κ1) is 12.1. The van der Waals surface area contributed by atoms with Crippen molar-refractivity contribution in [3.63, 3.8) is 0 Å². The fourth-order valence-electron chi connectivity index (χ4n) is 2.57. The van der Waals surface area contributed by atoms with Crippen LogP contribution in [0.4, 0.5) is 0 Å². The zero-order valence-corrected chi connectivity index (χ0v) is 10.5. The topological polar surface area (TPSA) is 55.1 Å². The molecule has 4 nitrogen and oxygen atoms in total. The van der Waals surface area contributed by atoms with Gasteiger partial charge in [-0.05, 0) is 24.3 Å². The van der Waals surface area contributed by atoms with Gasteiger partial charge in [-0.1, -0.05) is 20.3 Å². The highest BCUT2D eigenvalue weighted by molar-refractivity contribution is 5.69. The van der Waals surface area contributed by atoms with Gasteiger partial charge in [0.25, 0.3) is 0 Å². The minimum atomic E-state index is -0.707. The van der Waals surface area contributed by atoms with E-state index < -0.39 is 5.97 Å². The zero-order chi connectivity index (χ0) is 12.5. The summed E-state index contributed by atoms with van der Waals surface area (Å²) < 4.78 is 1.93.